The summed E-state index contributed by atoms with van der Waals surface area (Å²) in [4.78, 5) is 7.94. The molecule has 3 nitrogen and oxygen atoms in total. The van der Waals surface area contributed by atoms with Crippen LogP contribution in [0.4, 0.5) is 5.82 Å². The summed E-state index contributed by atoms with van der Waals surface area (Å²) in [5, 5.41) is 3.90. The van der Waals surface area contributed by atoms with Crippen molar-refractivity contribution in [3.05, 3.63) is 29.7 Å². The first-order valence-electron chi connectivity index (χ1n) is 4.73. The van der Waals surface area contributed by atoms with Gasteiger partial charge in [0, 0.05) is 6.04 Å². The van der Waals surface area contributed by atoms with E-state index >= 15 is 0 Å². The van der Waals surface area contributed by atoms with Crippen LogP contribution in [0.1, 0.15) is 19.3 Å². The first kappa shape index (κ1) is 9.46. The molecule has 0 saturated carbocycles. The summed E-state index contributed by atoms with van der Waals surface area (Å²) in [5.41, 5.74) is 0. The highest BCUT2D eigenvalue weighted by Gasteiger charge is 2.11. The normalized spacial score (nSPS) is 20.8. The van der Waals surface area contributed by atoms with Crippen LogP contribution in [0.25, 0.3) is 0 Å². The maximum atomic E-state index is 5.94. The predicted octanol–water partition coefficient (Wildman–Crippen LogP) is 2.65. The molecule has 0 radical (unpaired) electrons. The lowest BCUT2D eigenvalue weighted by Crippen LogP contribution is -2.21. The van der Waals surface area contributed by atoms with E-state index in [1.807, 2.05) is 0 Å². The van der Waals surface area contributed by atoms with Gasteiger partial charge in [0.2, 0.25) is 0 Å². The van der Waals surface area contributed by atoms with Gasteiger partial charge >= 0.3 is 0 Å². The van der Waals surface area contributed by atoms with Crippen molar-refractivity contribution in [2.45, 2.75) is 25.3 Å². The van der Waals surface area contributed by atoms with Crippen molar-refractivity contribution in [1.82, 2.24) is 9.97 Å². The van der Waals surface area contributed by atoms with E-state index in [1.54, 1.807) is 6.20 Å². The Morgan fingerprint density at radius 2 is 2.36 bits per heavy atom. The summed E-state index contributed by atoms with van der Waals surface area (Å²) in [5.74, 6) is 0.738. The van der Waals surface area contributed by atoms with E-state index in [0.29, 0.717) is 11.1 Å². The van der Waals surface area contributed by atoms with E-state index in [-0.39, 0.29) is 0 Å². The van der Waals surface area contributed by atoms with E-state index in [0.717, 1.165) is 25.1 Å². The van der Waals surface area contributed by atoms with Gasteiger partial charge in [-0.05, 0) is 19.3 Å². The number of hydrogen-bond donors (Lipinski definition) is 1. The van der Waals surface area contributed by atoms with Crippen molar-refractivity contribution in [3.8, 4) is 0 Å². The van der Waals surface area contributed by atoms with E-state index in [2.05, 4.69) is 27.4 Å². The molecule has 1 unspecified atom stereocenters. The number of hydrogen-bond acceptors (Lipinski definition) is 3. The van der Waals surface area contributed by atoms with Crippen LogP contribution in [0.2, 0.25) is 5.02 Å². The fraction of sp³-hybridized carbons (Fsp3) is 0.400. The van der Waals surface area contributed by atoms with E-state index < -0.39 is 0 Å². The Kier molecular flexibility index (Phi) is 2.99. The van der Waals surface area contributed by atoms with Crippen molar-refractivity contribution in [2.75, 3.05) is 5.32 Å². The predicted molar refractivity (Wildman–Crippen MR) is 57.4 cm³/mol. The number of aromatic nitrogens is 2. The molecular formula is C10H12ClN3. The van der Waals surface area contributed by atoms with Crippen LogP contribution in [0, 0.1) is 0 Å². The monoisotopic (exact) mass is 209 g/mol. The highest BCUT2D eigenvalue weighted by Crippen LogP contribution is 2.21. The van der Waals surface area contributed by atoms with Crippen LogP contribution in [0.15, 0.2) is 24.7 Å². The fourth-order valence-corrected chi connectivity index (χ4v) is 1.70. The second kappa shape index (κ2) is 4.42. The number of nitrogens with one attached hydrogen (secondary N) is 1. The smallest absolute Gasteiger partial charge is 0.148 e. The van der Waals surface area contributed by atoms with Crippen LogP contribution >= 0.6 is 11.6 Å². The number of allylic oxidation sites excluding steroid dienone is 1. The average Bonchev–Trinajstić information content (AvgIpc) is 2.23. The van der Waals surface area contributed by atoms with Crippen LogP contribution in [-0.2, 0) is 0 Å². The highest BCUT2D eigenvalue weighted by atomic mass is 35.5. The van der Waals surface area contributed by atoms with Crippen LogP contribution in [-0.4, -0.2) is 16.0 Å². The van der Waals surface area contributed by atoms with Gasteiger partial charge in [-0.2, -0.15) is 0 Å². The molecule has 0 aromatic carbocycles. The van der Waals surface area contributed by atoms with Gasteiger partial charge in [-0.25, -0.2) is 9.97 Å². The SMILES string of the molecule is Clc1cncnc1NC1CC=CCC1. The first-order valence-corrected chi connectivity index (χ1v) is 5.11. The van der Waals surface area contributed by atoms with Gasteiger partial charge in [0.05, 0.1) is 6.20 Å². The van der Waals surface area contributed by atoms with Gasteiger partial charge in [0.15, 0.2) is 0 Å². The molecule has 1 aromatic rings. The summed E-state index contributed by atoms with van der Waals surface area (Å²) in [6.07, 6.45) is 10.8. The lowest BCUT2D eigenvalue weighted by molar-refractivity contribution is 0.642. The Balaban J connectivity index is 2.03. The minimum atomic E-state index is 0.451. The Morgan fingerprint density at radius 3 is 3.07 bits per heavy atom. The quantitative estimate of drug-likeness (QED) is 0.761. The van der Waals surface area contributed by atoms with Gasteiger partial charge in [-0.1, -0.05) is 23.8 Å². The minimum absolute atomic E-state index is 0.451. The summed E-state index contributed by atoms with van der Waals surface area (Å²) >= 11 is 5.94. The van der Waals surface area contributed by atoms with Crippen molar-refractivity contribution < 1.29 is 0 Å². The maximum absolute atomic E-state index is 5.94. The molecule has 1 N–H and O–H groups in total. The third-order valence-corrected chi connectivity index (χ3v) is 2.55. The van der Waals surface area contributed by atoms with Crippen molar-refractivity contribution in [1.29, 1.82) is 0 Å². The minimum Gasteiger partial charge on any atom is -0.366 e. The molecular weight excluding hydrogens is 198 g/mol. The lowest BCUT2D eigenvalue weighted by Gasteiger charge is -2.20. The molecule has 0 aliphatic heterocycles. The molecule has 1 aliphatic rings. The number of nitrogens with zero attached hydrogens (tertiary/aromatic N) is 2. The van der Waals surface area contributed by atoms with Crippen LogP contribution in [0.5, 0.6) is 0 Å². The van der Waals surface area contributed by atoms with Gasteiger partial charge in [-0.3, -0.25) is 0 Å². The Labute approximate surface area is 88.2 Å². The third-order valence-electron chi connectivity index (χ3n) is 2.28. The molecule has 0 amide bonds. The Morgan fingerprint density at radius 1 is 1.43 bits per heavy atom. The zero-order valence-corrected chi connectivity index (χ0v) is 8.54. The molecule has 14 heavy (non-hydrogen) atoms. The zero-order valence-electron chi connectivity index (χ0n) is 7.78. The Hall–Kier alpha value is -1.09. The number of anilines is 1. The largest absolute Gasteiger partial charge is 0.366 e. The summed E-state index contributed by atoms with van der Waals surface area (Å²) in [6.45, 7) is 0. The van der Waals surface area contributed by atoms with Gasteiger partial charge in [0.1, 0.15) is 17.2 Å². The molecule has 1 aliphatic carbocycles. The molecule has 0 bridgehead atoms. The highest BCUT2D eigenvalue weighted by molar-refractivity contribution is 6.32. The summed E-state index contributed by atoms with van der Waals surface area (Å²) < 4.78 is 0. The second-order valence-electron chi connectivity index (χ2n) is 3.35. The number of rotatable bonds is 2. The molecule has 0 spiro atoms. The maximum Gasteiger partial charge on any atom is 0.148 e. The fourth-order valence-electron chi connectivity index (χ4n) is 1.54. The number of halogens is 1. The molecule has 1 atom stereocenters. The van der Waals surface area contributed by atoms with Crippen LogP contribution < -0.4 is 5.32 Å². The zero-order chi connectivity index (χ0) is 9.80. The van der Waals surface area contributed by atoms with E-state index in [1.165, 1.54) is 6.33 Å². The van der Waals surface area contributed by atoms with E-state index in [4.69, 9.17) is 11.6 Å². The van der Waals surface area contributed by atoms with Crippen molar-refractivity contribution in [3.63, 3.8) is 0 Å². The molecule has 2 rings (SSSR count). The van der Waals surface area contributed by atoms with Gasteiger partial charge < -0.3 is 5.32 Å². The standard InChI is InChI=1S/C10H12ClN3/c11-9-6-12-7-13-10(9)14-8-4-2-1-3-5-8/h1-2,6-8H,3-5H2,(H,12,13,14). The van der Waals surface area contributed by atoms with Crippen molar-refractivity contribution >= 4 is 17.4 Å². The van der Waals surface area contributed by atoms with Crippen molar-refractivity contribution in [2.24, 2.45) is 0 Å². The summed E-state index contributed by atoms with van der Waals surface area (Å²) in [6, 6.07) is 0.451. The lowest BCUT2D eigenvalue weighted by atomic mass is 10.0. The summed E-state index contributed by atoms with van der Waals surface area (Å²) in [7, 11) is 0. The second-order valence-corrected chi connectivity index (χ2v) is 3.75. The first-order chi connectivity index (χ1) is 6.86. The third kappa shape index (κ3) is 2.23. The average molecular weight is 210 g/mol. The molecule has 4 heteroatoms. The molecule has 1 aromatic heterocycles. The van der Waals surface area contributed by atoms with Gasteiger partial charge in [0.25, 0.3) is 0 Å². The molecule has 74 valence electrons. The molecule has 0 fully saturated rings. The molecule has 0 saturated heterocycles. The topological polar surface area (TPSA) is 37.8 Å². The van der Waals surface area contributed by atoms with Crippen LogP contribution in [0.3, 0.4) is 0 Å². The molecule has 1 heterocycles. The van der Waals surface area contributed by atoms with E-state index in [9.17, 15) is 0 Å². The van der Waals surface area contributed by atoms with Gasteiger partial charge in [-0.15, -0.1) is 0 Å². The Bertz CT molecular complexity index is 338.